The predicted octanol–water partition coefficient (Wildman–Crippen LogP) is 0.540. The summed E-state index contributed by atoms with van der Waals surface area (Å²) >= 11 is 0. The van der Waals surface area contributed by atoms with Crippen LogP contribution < -0.4 is 5.32 Å². The van der Waals surface area contributed by atoms with Crippen molar-refractivity contribution in [3.63, 3.8) is 0 Å². The molecule has 1 N–H and O–H groups in total. The van der Waals surface area contributed by atoms with Gasteiger partial charge in [0.15, 0.2) is 0 Å². The summed E-state index contributed by atoms with van der Waals surface area (Å²) < 4.78 is 0. The number of nitrogens with one attached hydrogen (secondary N) is 1. The number of carbonyl (C=O) groups excluding carboxylic acids is 1. The van der Waals surface area contributed by atoms with Crippen LogP contribution in [0.5, 0.6) is 0 Å². The Kier molecular flexibility index (Phi) is 6.42. The van der Waals surface area contributed by atoms with Crippen LogP contribution in [-0.4, -0.2) is 62.5 Å². The summed E-state index contributed by atoms with van der Waals surface area (Å²) in [5.74, 6) is 0.281. The molecule has 0 aliphatic carbocycles. The van der Waals surface area contributed by atoms with Gasteiger partial charge in [-0.3, -0.25) is 4.79 Å². The fraction of sp³-hybridized carbons (Fsp3) is 0.917. The lowest BCUT2D eigenvalue weighted by atomic mass is 10.3. The van der Waals surface area contributed by atoms with Crippen LogP contribution in [0.4, 0.5) is 0 Å². The third-order valence-electron chi connectivity index (χ3n) is 3.19. The first-order valence-electron chi connectivity index (χ1n) is 6.35. The lowest BCUT2D eigenvalue weighted by Gasteiger charge is -2.19. The molecule has 1 rings (SSSR count). The summed E-state index contributed by atoms with van der Waals surface area (Å²) in [5.41, 5.74) is 0. The second-order valence-electron chi connectivity index (χ2n) is 4.57. The Hall–Kier alpha value is -0.610. The molecule has 1 fully saturated rings. The second kappa shape index (κ2) is 7.63. The third-order valence-corrected chi connectivity index (χ3v) is 3.19. The summed E-state index contributed by atoms with van der Waals surface area (Å²) in [4.78, 5) is 16.0. The molecule has 0 spiro atoms. The largest absolute Gasteiger partial charge is 0.346 e. The molecule has 0 aromatic carbocycles. The average molecular weight is 227 g/mol. The van der Waals surface area contributed by atoms with E-state index in [0.717, 1.165) is 26.1 Å². The Balaban J connectivity index is 2.08. The highest BCUT2D eigenvalue weighted by Crippen LogP contribution is 2.07. The molecule has 0 bridgehead atoms. The first-order valence-corrected chi connectivity index (χ1v) is 6.35. The zero-order chi connectivity index (χ0) is 11.8. The van der Waals surface area contributed by atoms with Gasteiger partial charge in [-0.1, -0.05) is 0 Å². The van der Waals surface area contributed by atoms with Crippen LogP contribution in [0.3, 0.4) is 0 Å². The Bertz CT molecular complexity index is 202. The van der Waals surface area contributed by atoms with Crippen molar-refractivity contribution in [2.24, 2.45) is 0 Å². The van der Waals surface area contributed by atoms with E-state index >= 15 is 0 Å². The first-order chi connectivity index (χ1) is 7.74. The molecule has 1 saturated heterocycles. The topological polar surface area (TPSA) is 35.6 Å². The SMILES string of the molecule is CNCCCN(C)C(=O)CCN1CCCC1. The van der Waals surface area contributed by atoms with E-state index in [9.17, 15) is 4.79 Å². The van der Waals surface area contributed by atoms with Crippen molar-refractivity contribution in [2.75, 3.05) is 46.8 Å². The highest BCUT2D eigenvalue weighted by molar-refractivity contribution is 5.76. The molecule has 0 aromatic rings. The third kappa shape index (κ3) is 4.94. The van der Waals surface area contributed by atoms with Crippen LogP contribution in [0.25, 0.3) is 0 Å². The summed E-state index contributed by atoms with van der Waals surface area (Å²) in [5, 5.41) is 3.09. The molecule has 1 amide bonds. The smallest absolute Gasteiger partial charge is 0.223 e. The van der Waals surface area contributed by atoms with Crippen molar-refractivity contribution in [3.8, 4) is 0 Å². The van der Waals surface area contributed by atoms with Gasteiger partial charge in [-0.25, -0.2) is 0 Å². The van der Waals surface area contributed by atoms with Gasteiger partial charge in [0.1, 0.15) is 0 Å². The van der Waals surface area contributed by atoms with Crippen LogP contribution in [-0.2, 0) is 4.79 Å². The summed E-state index contributed by atoms with van der Waals surface area (Å²) in [6, 6.07) is 0. The molecule has 0 saturated carbocycles. The van der Waals surface area contributed by atoms with Crippen LogP contribution in [0.1, 0.15) is 25.7 Å². The van der Waals surface area contributed by atoms with Gasteiger partial charge in [0.2, 0.25) is 5.91 Å². The van der Waals surface area contributed by atoms with Gasteiger partial charge in [0, 0.05) is 26.6 Å². The summed E-state index contributed by atoms with van der Waals surface area (Å²) in [6.45, 7) is 5.13. The van der Waals surface area contributed by atoms with E-state index in [2.05, 4.69) is 10.2 Å². The van der Waals surface area contributed by atoms with E-state index in [4.69, 9.17) is 0 Å². The fourth-order valence-corrected chi connectivity index (χ4v) is 2.07. The van der Waals surface area contributed by atoms with E-state index in [1.54, 1.807) is 0 Å². The summed E-state index contributed by atoms with van der Waals surface area (Å²) in [7, 11) is 3.84. The van der Waals surface area contributed by atoms with E-state index in [0.29, 0.717) is 6.42 Å². The zero-order valence-electron chi connectivity index (χ0n) is 10.7. The van der Waals surface area contributed by atoms with Crippen molar-refractivity contribution < 1.29 is 4.79 Å². The highest BCUT2D eigenvalue weighted by atomic mass is 16.2. The molecule has 1 aliphatic rings. The quantitative estimate of drug-likeness (QED) is 0.645. The van der Waals surface area contributed by atoms with Gasteiger partial charge in [-0.2, -0.15) is 0 Å². The molecular weight excluding hydrogens is 202 g/mol. The number of hydrogen-bond acceptors (Lipinski definition) is 3. The molecule has 4 nitrogen and oxygen atoms in total. The molecule has 4 heteroatoms. The standard InChI is InChI=1S/C12H25N3O/c1-13-7-5-8-14(2)12(16)6-11-15-9-3-4-10-15/h13H,3-11H2,1-2H3. The van der Waals surface area contributed by atoms with E-state index in [-0.39, 0.29) is 5.91 Å². The van der Waals surface area contributed by atoms with Crippen LogP contribution in [0.15, 0.2) is 0 Å². The Morgan fingerprint density at radius 3 is 2.69 bits per heavy atom. The van der Waals surface area contributed by atoms with Gasteiger partial charge in [0.05, 0.1) is 0 Å². The van der Waals surface area contributed by atoms with Gasteiger partial charge >= 0.3 is 0 Å². The van der Waals surface area contributed by atoms with E-state index in [1.165, 1.54) is 25.9 Å². The van der Waals surface area contributed by atoms with Crippen LogP contribution in [0.2, 0.25) is 0 Å². The zero-order valence-corrected chi connectivity index (χ0v) is 10.7. The number of hydrogen-bond donors (Lipinski definition) is 1. The van der Waals surface area contributed by atoms with Gasteiger partial charge in [-0.05, 0) is 45.9 Å². The van der Waals surface area contributed by atoms with Gasteiger partial charge < -0.3 is 15.1 Å². The minimum Gasteiger partial charge on any atom is -0.346 e. The number of likely N-dealkylation sites (tertiary alicyclic amines) is 1. The minimum atomic E-state index is 0.281. The molecule has 0 atom stereocenters. The highest BCUT2D eigenvalue weighted by Gasteiger charge is 2.14. The molecule has 0 aromatic heterocycles. The minimum absolute atomic E-state index is 0.281. The maximum absolute atomic E-state index is 11.8. The van der Waals surface area contributed by atoms with Crippen molar-refractivity contribution in [3.05, 3.63) is 0 Å². The number of carbonyl (C=O) groups is 1. The molecule has 16 heavy (non-hydrogen) atoms. The molecule has 94 valence electrons. The molecule has 1 heterocycles. The first kappa shape index (κ1) is 13.5. The molecular formula is C12H25N3O. The monoisotopic (exact) mass is 227 g/mol. The Morgan fingerprint density at radius 2 is 2.06 bits per heavy atom. The number of nitrogens with zero attached hydrogens (tertiary/aromatic N) is 2. The predicted molar refractivity (Wildman–Crippen MR) is 66.5 cm³/mol. The fourth-order valence-electron chi connectivity index (χ4n) is 2.07. The maximum Gasteiger partial charge on any atom is 0.223 e. The number of rotatable bonds is 7. The molecule has 0 radical (unpaired) electrons. The van der Waals surface area contributed by atoms with Crippen molar-refractivity contribution in [1.29, 1.82) is 0 Å². The van der Waals surface area contributed by atoms with Crippen LogP contribution >= 0.6 is 0 Å². The Morgan fingerprint density at radius 1 is 1.38 bits per heavy atom. The maximum atomic E-state index is 11.8. The van der Waals surface area contributed by atoms with Crippen LogP contribution in [0, 0.1) is 0 Å². The van der Waals surface area contributed by atoms with Crippen molar-refractivity contribution in [1.82, 2.24) is 15.1 Å². The molecule has 0 unspecified atom stereocenters. The lowest BCUT2D eigenvalue weighted by molar-refractivity contribution is -0.130. The van der Waals surface area contributed by atoms with Crippen molar-refractivity contribution >= 4 is 5.91 Å². The van der Waals surface area contributed by atoms with Crippen molar-refractivity contribution in [2.45, 2.75) is 25.7 Å². The summed E-state index contributed by atoms with van der Waals surface area (Å²) in [6.07, 6.45) is 4.30. The Labute approximate surface area is 99.0 Å². The van der Waals surface area contributed by atoms with Gasteiger partial charge in [0.25, 0.3) is 0 Å². The van der Waals surface area contributed by atoms with E-state index < -0.39 is 0 Å². The average Bonchev–Trinajstić information content (AvgIpc) is 2.79. The lowest BCUT2D eigenvalue weighted by Crippen LogP contribution is -2.32. The molecule has 1 aliphatic heterocycles. The normalized spacial score (nSPS) is 16.6. The van der Waals surface area contributed by atoms with Gasteiger partial charge in [-0.15, -0.1) is 0 Å². The second-order valence-corrected chi connectivity index (χ2v) is 4.57. The van der Waals surface area contributed by atoms with E-state index in [1.807, 2.05) is 19.0 Å². The number of amides is 1.